The van der Waals surface area contributed by atoms with E-state index in [4.69, 9.17) is 9.84 Å². The monoisotopic (exact) mass is 215 g/mol. The molecule has 4 heteroatoms. The average Bonchev–Trinajstić information content (AvgIpc) is 2.58. The highest BCUT2D eigenvalue weighted by molar-refractivity contribution is 5.73. The zero-order chi connectivity index (χ0) is 11.3. The van der Waals surface area contributed by atoms with Gasteiger partial charge in [0, 0.05) is 6.54 Å². The van der Waals surface area contributed by atoms with E-state index in [-0.39, 0.29) is 6.10 Å². The number of carboxylic acid groups (broad SMARTS) is 1. The van der Waals surface area contributed by atoms with E-state index in [1.807, 2.05) is 6.92 Å². The van der Waals surface area contributed by atoms with Crippen LogP contribution in [-0.4, -0.2) is 35.9 Å². The molecule has 1 fully saturated rings. The fourth-order valence-corrected chi connectivity index (χ4v) is 1.91. The second-order valence-corrected chi connectivity index (χ2v) is 4.23. The zero-order valence-electron chi connectivity index (χ0n) is 9.53. The number of hydrogen-bond donors (Lipinski definition) is 2. The van der Waals surface area contributed by atoms with Crippen LogP contribution in [0.2, 0.25) is 0 Å². The van der Waals surface area contributed by atoms with Crippen LogP contribution in [0.15, 0.2) is 0 Å². The van der Waals surface area contributed by atoms with Crippen molar-refractivity contribution in [3.05, 3.63) is 0 Å². The Labute approximate surface area is 91.0 Å². The molecule has 0 aromatic carbocycles. The fraction of sp³-hybridized carbons (Fsp3) is 0.909. The van der Waals surface area contributed by atoms with Crippen LogP contribution >= 0.6 is 0 Å². The molecule has 0 radical (unpaired) electrons. The lowest BCUT2D eigenvalue weighted by Gasteiger charge is -2.17. The highest BCUT2D eigenvalue weighted by Gasteiger charge is 2.23. The van der Waals surface area contributed by atoms with Crippen molar-refractivity contribution in [2.24, 2.45) is 0 Å². The lowest BCUT2D eigenvalue weighted by atomic mass is 10.1. The lowest BCUT2D eigenvalue weighted by molar-refractivity contribution is -0.139. The Hall–Kier alpha value is -0.610. The number of rotatable bonds is 6. The summed E-state index contributed by atoms with van der Waals surface area (Å²) in [5.41, 5.74) is 0. The maximum Gasteiger partial charge on any atom is 0.320 e. The quantitative estimate of drug-likeness (QED) is 0.703. The molecule has 1 saturated heterocycles. The summed E-state index contributed by atoms with van der Waals surface area (Å²) in [6, 6.07) is -0.422. The van der Waals surface area contributed by atoms with Gasteiger partial charge in [-0.25, -0.2) is 0 Å². The molecule has 2 N–H and O–H groups in total. The second kappa shape index (κ2) is 6.08. The Balaban J connectivity index is 2.24. The Morgan fingerprint density at radius 3 is 2.80 bits per heavy atom. The third kappa shape index (κ3) is 4.18. The summed E-state index contributed by atoms with van der Waals surface area (Å²) in [6.07, 6.45) is 4.19. The summed E-state index contributed by atoms with van der Waals surface area (Å²) >= 11 is 0. The predicted molar refractivity (Wildman–Crippen MR) is 57.9 cm³/mol. The van der Waals surface area contributed by atoms with Crippen molar-refractivity contribution in [3.8, 4) is 0 Å². The maximum absolute atomic E-state index is 10.9. The summed E-state index contributed by atoms with van der Waals surface area (Å²) in [6.45, 7) is 4.70. The molecule has 1 heterocycles. The molecule has 3 atom stereocenters. The number of carbonyl (C=O) groups is 1. The third-order valence-corrected chi connectivity index (χ3v) is 2.79. The van der Waals surface area contributed by atoms with Gasteiger partial charge in [-0.05, 0) is 26.2 Å². The molecule has 1 aliphatic rings. The van der Waals surface area contributed by atoms with Gasteiger partial charge < -0.3 is 15.2 Å². The smallest absolute Gasteiger partial charge is 0.320 e. The first kappa shape index (κ1) is 12.5. The normalized spacial score (nSPS) is 27.9. The van der Waals surface area contributed by atoms with E-state index in [0.29, 0.717) is 19.1 Å². The van der Waals surface area contributed by atoms with E-state index in [9.17, 15) is 4.79 Å². The van der Waals surface area contributed by atoms with Crippen LogP contribution in [0, 0.1) is 0 Å². The number of aliphatic carboxylic acids is 1. The van der Waals surface area contributed by atoms with E-state index in [0.717, 1.165) is 19.3 Å². The molecule has 1 rings (SSSR count). The Bertz CT molecular complexity index is 208. The third-order valence-electron chi connectivity index (χ3n) is 2.79. The number of nitrogens with one attached hydrogen (secondary N) is 1. The van der Waals surface area contributed by atoms with Gasteiger partial charge in [0.2, 0.25) is 0 Å². The second-order valence-electron chi connectivity index (χ2n) is 4.23. The summed E-state index contributed by atoms with van der Waals surface area (Å²) in [5, 5.41) is 12.0. The molecule has 15 heavy (non-hydrogen) atoms. The average molecular weight is 215 g/mol. The summed E-state index contributed by atoms with van der Waals surface area (Å²) in [7, 11) is 0. The fourth-order valence-electron chi connectivity index (χ4n) is 1.91. The minimum atomic E-state index is -0.761. The van der Waals surface area contributed by atoms with Gasteiger partial charge in [0.1, 0.15) is 6.04 Å². The molecule has 0 spiro atoms. The molecule has 88 valence electrons. The highest BCUT2D eigenvalue weighted by atomic mass is 16.5. The molecule has 0 bridgehead atoms. The van der Waals surface area contributed by atoms with Gasteiger partial charge in [-0.3, -0.25) is 4.79 Å². The van der Waals surface area contributed by atoms with Crippen molar-refractivity contribution < 1.29 is 14.6 Å². The Morgan fingerprint density at radius 2 is 2.33 bits per heavy atom. The summed E-state index contributed by atoms with van der Waals surface area (Å²) in [4.78, 5) is 10.9. The lowest BCUT2D eigenvalue weighted by Crippen LogP contribution is -2.40. The van der Waals surface area contributed by atoms with Crippen molar-refractivity contribution in [2.45, 2.75) is 57.8 Å². The van der Waals surface area contributed by atoms with Gasteiger partial charge in [-0.2, -0.15) is 0 Å². The van der Waals surface area contributed by atoms with Crippen molar-refractivity contribution >= 4 is 5.97 Å². The van der Waals surface area contributed by atoms with Crippen LogP contribution in [0.5, 0.6) is 0 Å². The van der Waals surface area contributed by atoms with Gasteiger partial charge in [0.05, 0.1) is 12.2 Å². The van der Waals surface area contributed by atoms with E-state index in [2.05, 4.69) is 12.2 Å². The van der Waals surface area contributed by atoms with Crippen molar-refractivity contribution in [1.82, 2.24) is 5.32 Å². The Morgan fingerprint density at radius 1 is 1.60 bits per heavy atom. The van der Waals surface area contributed by atoms with Crippen LogP contribution in [-0.2, 0) is 9.53 Å². The largest absolute Gasteiger partial charge is 0.480 e. The molecule has 4 nitrogen and oxygen atoms in total. The first-order valence-electron chi connectivity index (χ1n) is 5.75. The van der Waals surface area contributed by atoms with Gasteiger partial charge >= 0.3 is 5.97 Å². The minimum Gasteiger partial charge on any atom is -0.480 e. The minimum absolute atomic E-state index is 0.193. The number of hydrogen-bond acceptors (Lipinski definition) is 3. The van der Waals surface area contributed by atoms with Crippen LogP contribution in [0.1, 0.15) is 39.5 Å². The standard InChI is InChI=1S/C11H21NO3/c1-3-4-10(11(13)14)12-7-9-6-5-8(2)15-9/h8-10,12H,3-7H2,1-2H3,(H,13,14). The van der Waals surface area contributed by atoms with E-state index in [1.54, 1.807) is 0 Å². The van der Waals surface area contributed by atoms with Crippen LogP contribution in [0.25, 0.3) is 0 Å². The molecule has 0 aromatic heterocycles. The SMILES string of the molecule is CCCC(NCC1CCC(C)O1)C(=O)O. The predicted octanol–water partition coefficient (Wildman–Crippen LogP) is 1.40. The summed E-state index contributed by atoms with van der Waals surface area (Å²) in [5.74, 6) is -0.761. The zero-order valence-corrected chi connectivity index (χ0v) is 9.53. The van der Waals surface area contributed by atoms with E-state index in [1.165, 1.54) is 0 Å². The van der Waals surface area contributed by atoms with Gasteiger partial charge in [0.15, 0.2) is 0 Å². The number of ether oxygens (including phenoxy) is 1. The van der Waals surface area contributed by atoms with E-state index >= 15 is 0 Å². The van der Waals surface area contributed by atoms with Gasteiger partial charge in [0.25, 0.3) is 0 Å². The maximum atomic E-state index is 10.9. The van der Waals surface area contributed by atoms with Crippen LogP contribution in [0.3, 0.4) is 0 Å². The van der Waals surface area contributed by atoms with Crippen LogP contribution < -0.4 is 5.32 Å². The molecular formula is C11H21NO3. The Kier molecular flexibility index (Phi) is 5.05. The van der Waals surface area contributed by atoms with Gasteiger partial charge in [-0.1, -0.05) is 13.3 Å². The topological polar surface area (TPSA) is 58.6 Å². The van der Waals surface area contributed by atoms with Crippen LogP contribution in [0.4, 0.5) is 0 Å². The van der Waals surface area contributed by atoms with Crippen molar-refractivity contribution in [3.63, 3.8) is 0 Å². The molecule has 0 amide bonds. The number of carboxylic acids is 1. The molecule has 0 saturated carbocycles. The first-order chi connectivity index (χ1) is 7.13. The molecule has 3 unspecified atom stereocenters. The highest BCUT2D eigenvalue weighted by Crippen LogP contribution is 2.18. The van der Waals surface area contributed by atoms with Crippen molar-refractivity contribution in [2.75, 3.05) is 6.54 Å². The molecule has 1 aliphatic heterocycles. The van der Waals surface area contributed by atoms with Crippen molar-refractivity contribution in [1.29, 1.82) is 0 Å². The first-order valence-corrected chi connectivity index (χ1v) is 5.75. The summed E-state index contributed by atoms with van der Waals surface area (Å²) < 4.78 is 5.61. The van der Waals surface area contributed by atoms with Gasteiger partial charge in [-0.15, -0.1) is 0 Å². The molecule has 0 aliphatic carbocycles. The molecule has 0 aromatic rings. The molecular weight excluding hydrogens is 194 g/mol. The van der Waals surface area contributed by atoms with E-state index < -0.39 is 12.0 Å².